The molecule has 1 aliphatic rings. The quantitative estimate of drug-likeness (QED) is 0.560. The number of rotatable bonds is 5. The molecule has 1 saturated heterocycles. The highest BCUT2D eigenvalue weighted by Crippen LogP contribution is 2.19. The van der Waals surface area contributed by atoms with E-state index in [0.29, 0.717) is 31.4 Å². The van der Waals surface area contributed by atoms with Crippen molar-refractivity contribution < 1.29 is 14.3 Å². The van der Waals surface area contributed by atoms with E-state index in [1.165, 1.54) is 0 Å². The maximum absolute atomic E-state index is 11.8. The molecule has 17 heavy (non-hydrogen) atoms. The molecular formula is C12H20ClNO3. The SMILES string of the molecule is CC(C)COC(=O)C1CCCN1C(=O)CCCl. The molecule has 1 aliphatic heterocycles. The van der Waals surface area contributed by atoms with E-state index in [1.807, 2.05) is 13.8 Å². The molecule has 0 aliphatic carbocycles. The normalized spacial score (nSPS) is 19.8. The third-order valence-corrected chi connectivity index (χ3v) is 2.90. The number of halogens is 1. The summed E-state index contributed by atoms with van der Waals surface area (Å²) in [5, 5.41) is 0. The van der Waals surface area contributed by atoms with Crippen molar-refractivity contribution in [2.75, 3.05) is 19.0 Å². The fraction of sp³-hybridized carbons (Fsp3) is 0.833. The van der Waals surface area contributed by atoms with Crippen molar-refractivity contribution in [1.82, 2.24) is 4.90 Å². The first-order chi connectivity index (χ1) is 8.06. The third kappa shape index (κ3) is 4.19. The van der Waals surface area contributed by atoms with E-state index in [0.717, 1.165) is 6.42 Å². The maximum atomic E-state index is 11.8. The maximum Gasteiger partial charge on any atom is 0.328 e. The van der Waals surface area contributed by atoms with Crippen molar-refractivity contribution in [2.24, 2.45) is 5.92 Å². The van der Waals surface area contributed by atoms with Crippen molar-refractivity contribution in [1.29, 1.82) is 0 Å². The van der Waals surface area contributed by atoms with Gasteiger partial charge in [-0.2, -0.15) is 0 Å². The van der Waals surface area contributed by atoms with Gasteiger partial charge >= 0.3 is 5.97 Å². The van der Waals surface area contributed by atoms with E-state index < -0.39 is 6.04 Å². The zero-order valence-corrected chi connectivity index (χ0v) is 11.2. The number of amides is 1. The van der Waals surface area contributed by atoms with Crippen LogP contribution < -0.4 is 0 Å². The molecule has 1 unspecified atom stereocenters. The van der Waals surface area contributed by atoms with Crippen molar-refractivity contribution >= 4 is 23.5 Å². The Morgan fingerprint density at radius 2 is 2.18 bits per heavy atom. The van der Waals surface area contributed by atoms with Gasteiger partial charge in [0, 0.05) is 18.8 Å². The summed E-state index contributed by atoms with van der Waals surface area (Å²) in [4.78, 5) is 25.2. The number of nitrogens with zero attached hydrogens (tertiary/aromatic N) is 1. The van der Waals surface area contributed by atoms with Gasteiger partial charge < -0.3 is 9.64 Å². The molecule has 5 heteroatoms. The van der Waals surface area contributed by atoms with Gasteiger partial charge in [0.15, 0.2) is 0 Å². The molecule has 0 aromatic heterocycles. The first kappa shape index (κ1) is 14.3. The van der Waals surface area contributed by atoms with E-state index in [2.05, 4.69) is 0 Å². The molecule has 0 aromatic carbocycles. The lowest BCUT2D eigenvalue weighted by molar-refractivity contribution is -0.154. The summed E-state index contributed by atoms with van der Waals surface area (Å²) in [6.45, 7) is 5.01. The van der Waals surface area contributed by atoms with Crippen LogP contribution in [0.15, 0.2) is 0 Å². The molecule has 1 fully saturated rings. The van der Waals surface area contributed by atoms with Crippen molar-refractivity contribution in [3.63, 3.8) is 0 Å². The summed E-state index contributed by atoms with van der Waals surface area (Å²) in [6, 6.07) is -0.399. The lowest BCUT2D eigenvalue weighted by atomic mass is 10.2. The van der Waals surface area contributed by atoms with Crippen molar-refractivity contribution in [2.45, 2.75) is 39.2 Å². The monoisotopic (exact) mass is 261 g/mol. The summed E-state index contributed by atoms with van der Waals surface area (Å²) in [5.74, 6) is 0.277. The standard InChI is InChI=1S/C12H20ClNO3/c1-9(2)8-17-12(16)10-4-3-7-14(10)11(15)5-6-13/h9-10H,3-8H2,1-2H3. The van der Waals surface area contributed by atoms with Gasteiger partial charge in [0.25, 0.3) is 0 Å². The van der Waals surface area contributed by atoms with Crippen LogP contribution in [0.3, 0.4) is 0 Å². The minimum atomic E-state index is -0.399. The molecule has 0 saturated carbocycles. The van der Waals surface area contributed by atoms with Gasteiger partial charge in [0.1, 0.15) is 6.04 Å². The van der Waals surface area contributed by atoms with Crippen LogP contribution in [0.25, 0.3) is 0 Å². The summed E-state index contributed by atoms with van der Waals surface area (Å²) in [6.07, 6.45) is 1.84. The highest BCUT2D eigenvalue weighted by atomic mass is 35.5. The second-order valence-electron chi connectivity index (χ2n) is 4.71. The van der Waals surface area contributed by atoms with Gasteiger partial charge in [-0.1, -0.05) is 13.8 Å². The number of alkyl halides is 1. The van der Waals surface area contributed by atoms with E-state index >= 15 is 0 Å². The molecule has 0 N–H and O–H groups in total. The smallest absolute Gasteiger partial charge is 0.328 e. The lowest BCUT2D eigenvalue weighted by Crippen LogP contribution is -2.41. The summed E-state index contributed by atoms with van der Waals surface area (Å²) in [5.41, 5.74) is 0. The second kappa shape index (κ2) is 6.84. The molecule has 98 valence electrons. The Bertz CT molecular complexity index is 281. The molecular weight excluding hydrogens is 242 g/mol. The summed E-state index contributed by atoms with van der Waals surface area (Å²) >= 11 is 5.54. The Morgan fingerprint density at radius 1 is 1.47 bits per heavy atom. The highest BCUT2D eigenvalue weighted by Gasteiger charge is 2.34. The molecule has 0 bridgehead atoms. The van der Waals surface area contributed by atoms with Crippen LogP contribution in [0.2, 0.25) is 0 Å². The predicted octanol–water partition coefficient (Wildman–Crippen LogP) is 1.81. The number of hydrogen-bond donors (Lipinski definition) is 0. The van der Waals surface area contributed by atoms with Crippen LogP contribution in [0, 0.1) is 5.92 Å². The Balaban J connectivity index is 2.50. The van der Waals surface area contributed by atoms with Crippen molar-refractivity contribution in [3.05, 3.63) is 0 Å². The highest BCUT2D eigenvalue weighted by molar-refractivity contribution is 6.18. The van der Waals surface area contributed by atoms with Crippen LogP contribution in [0.1, 0.15) is 33.1 Å². The Labute approximate surface area is 107 Å². The van der Waals surface area contributed by atoms with Gasteiger partial charge in [-0.15, -0.1) is 11.6 Å². The number of carbonyl (C=O) groups is 2. The number of carbonyl (C=O) groups excluding carboxylic acids is 2. The number of esters is 1. The Morgan fingerprint density at radius 3 is 2.76 bits per heavy atom. The first-order valence-corrected chi connectivity index (χ1v) is 6.61. The van der Waals surface area contributed by atoms with Crippen LogP contribution >= 0.6 is 11.6 Å². The predicted molar refractivity (Wildman–Crippen MR) is 65.9 cm³/mol. The summed E-state index contributed by atoms with van der Waals surface area (Å²) < 4.78 is 5.18. The molecule has 1 rings (SSSR count). The molecule has 1 atom stereocenters. The van der Waals surface area contributed by atoms with Gasteiger partial charge in [-0.05, 0) is 18.8 Å². The van der Waals surface area contributed by atoms with E-state index in [-0.39, 0.29) is 18.3 Å². The molecule has 0 radical (unpaired) electrons. The molecule has 4 nitrogen and oxygen atoms in total. The van der Waals surface area contributed by atoms with E-state index in [4.69, 9.17) is 16.3 Å². The second-order valence-corrected chi connectivity index (χ2v) is 5.09. The molecule has 0 aromatic rings. The average Bonchev–Trinajstić information content (AvgIpc) is 2.75. The average molecular weight is 262 g/mol. The van der Waals surface area contributed by atoms with Crippen molar-refractivity contribution in [3.8, 4) is 0 Å². The number of hydrogen-bond acceptors (Lipinski definition) is 3. The topological polar surface area (TPSA) is 46.6 Å². The summed E-state index contributed by atoms with van der Waals surface area (Å²) in [7, 11) is 0. The van der Waals surface area contributed by atoms with Gasteiger partial charge in [0.05, 0.1) is 6.61 Å². The number of likely N-dealkylation sites (tertiary alicyclic amines) is 1. The third-order valence-electron chi connectivity index (χ3n) is 2.71. The first-order valence-electron chi connectivity index (χ1n) is 6.08. The molecule has 1 heterocycles. The largest absolute Gasteiger partial charge is 0.464 e. The molecule has 0 spiro atoms. The van der Waals surface area contributed by atoms with Crippen LogP contribution in [0.5, 0.6) is 0 Å². The minimum Gasteiger partial charge on any atom is -0.464 e. The van der Waals surface area contributed by atoms with Crippen LogP contribution in [0.4, 0.5) is 0 Å². The Kier molecular flexibility index (Phi) is 5.75. The number of ether oxygens (including phenoxy) is 1. The Hall–Kier alpha value is -0.770. The zero-order chi connectivity index (χ0) is 12.8. The van der Waals surface area contributed by atoms with Gasteiger partial charge in [0.2, 0.25) is 5.91 Å². The van der Waals surface area contributed by atoms with E-state index in [9.17, 15) is 9.59 Å². The van der Waals surface area contributed by atoms with Gasteiger partial charge in [-0.3, -0.25) is 4.79 Å². The van der Waals surface area contributed by atoms with Crippen LogP contribution in [-0.2, 0) is 14.3 Å². The van der Waals surface area contributed by atoms with E-state index in [1.54, 1.807) is 4.90 Å². The minimum absolute atomic E-state index is 0.0519. The zero-order valence-electron chi connectivity index (χ0n) is 10.4. The van der Waals surface area contributed by atoms with Crippen LogP contribution in [-0.4, -0.2) is 41.8 Å². The lowest BCUT2D eigenvalue weighted by Gasteiger charge is -2.23. The van der Waals surface area contributed by atoms with Gasteiger partial charge in [-0.25, -0.2) is 4.79 Å². The molecule has 1 amide bonds. The fourth-order valence-corrected chi connectivity index (χ4v) is 2.04. The fourth-order valence-electron chi connectivity index (χ4n) is 1.88.